The number of carbonyl (C=O) groups excluding carboxylic acids is 1. The second kappa shape index (κ2) is 4.17. The summed E-state index contributed by atoms with van der Waals surface area (Å²) in [6.07, 6.45) is 1.64. The van der Waals surface area contributed by atoms with E-state index >= 15 is 0 Å². The first-order valence-corrected chi connectivity index (χ1v) is 5.75. The highest BCUT2D eigenvalue weighted by molar-refractivity contribution is 6.40. The fourth-order valence-electron chi connectivity index (χ4n) is 2.46. The molecular weight excluding hydrogens is 206 g/mol. The lowest BCUT2D eigenvalue weighted by atomic mass is 9.71. The van der Waals surface area contributed by atoms with E-state index in [1.807, 2.05) is 13.8 Å². The molecule has 0 aromatic carbocycles. The Hall–Kier alpha value is -0.900. The van der Waals surface area contributed by atoms with Crippen LogP contribution in [0.1, 0.15) is 47.0 Å². The Kier molecular flexibility index (Phi) is 3.43. The average molecular weight is 227 g/mol. The molecule has 0 aromatic heterocycles. The highest BCUT2D eigenvalue weighted by atomic mass is 16.4. The third kappa shape index (κ3) is 1.86. The first-order chi connectivity index (χ1) is 7.28. The predicted molar refractivity (Wildman–Crippen MR) is 61.6 cm³/mol. The average Bonchev–Trinajstić information content (AvgIpc) is 2.41. The number of hydrogen-bond donors (Lipinski definition) is 2. The van der Waals surface area contributed by atoms with Crippen molar-refractivity contribution in [2.24, 2.45) is 16.5 Å². The van der Waals surface area contributed by atoms with Gasteiger partial charge in [-0.2, -0.15) is 0 Å². The lowest BCUT2D eigenvalue weighted by Gasteiger charge is -2.37. The van der Waals surface area contributed by atoms with Crippen molar-refractivity contribution in [3.05, 3.63) is 0 Å². The lowest BCUT2D eigenvalue weighted by molar-refractivity contribution is -0.113. The fourth-order valence-corrected chi connectivity index (χ4v) is 2.46. The van der Waals surface area contributed by atoms with Crippen LogP contribution in [0.5, 0.6) is 0 Å². The van der Waals surface area contributed by atoms with Crippen LogP contribution in [0.4, 0.5) is 0 Å². The van der Waals surface area contributed by atoms with Crippen LogP contribution in [0.2, 0.25) is 0 Å². The summed E-state index contributed by atoms with van der Waals surface area (Å²) in [6, 6.07) is 0. The van der Waals surface area contributed by atoms with Crippen molar-refractivity contribution in [1.29, 1.82) is 0 Å². The second-order valence-electron chi connectivity index (χ2n) is 5.35. The van der Waals surface area contributed by atoms with Crippen molar-refractivity contribution < 1.29 is 15.1 Å². The molecule has 2 N–H and O–H groups in total. The quantitative estimate of drug-likeness (QED) is 0.440. The highest BCUT2D eigenvalue weighted by Gasteiger charge is 2.53. The van der Waals surface area contributed by atoms with E-state index in [4.69, 9.17) is 5.21 Å². The lowest BCUT2D eigenvalue weighted by Crippen LogP contribution is -2.43. The minimum Gasteiger partial charge on any atom is -0.411 e. The molecule has 0 radical (unpaired) electrons. The molecule has 4 nitrogen and oxygen atoms in total. The fraction of sp³-hybridized carbons (Fsp3) is 0.833. The van der Waals surface area contributed by atoms with Gasteiger partial charge in [-0.25, -0.2) is 0 Å². The van der Waals surface area contributed by atoms with Gasteiger partial charge in [-0.15, -0.1) is 0 Å². The molecule has 0 spiro atoms. The van der Waals surface area contributed by atoms with E-state index in [0.29, 0.717) is 19.3 Å². The number of rotatable bonds is 3. The molecule has 1 aliphatic rings. The van der Waals surface area contributed by atoms with Crippen LogP contribution < -0.4 is 0 Å². The third-order valence-electron chi connectivity index (χ3n) is 4.22. The Balaban J connectivity index is 3.03. The SMILES string of the molecule is CCC(=O)/C(=N/O)[C@H]1CC[C@@](C)(O)C1(C)C. The van der Waals surface area contributed by atoms with Gasteiger partial charge >= 0.3 is 0 Å². The molecule has 0 aromatic rings. The van der Waals surface area contributed by atoms with Gasteiger partial charge in [-0.3, -0.25) is 4.79 Å². The zero-order valence-electron chi connectivity index (χ0n) is 10.4. The van der Waals surface area contributed by atoms with Crippen molar-refractivity contribution in [2.75, 3.05) is 0 Å². The van der Waals surface area contributed by atoms with Gasteiger partial charge in [-0.1, -0.05) is 25.9 Å². The normalized spacial score (nSPS) is 34.1. The van der Waals surface area contributed by atoms with Gasteiger partial charge in [0.25, 0.3) is 0 Å². The number of hydrogen-bond acceptors (Lipinski definition) is 4. The summed E-state index contributed by atoms with van der Waals surface area (Å²) >= 11 is 0. The molecule has 1 saturated carbocycles. The van der Waals surface area contributed by atoms with Crippen molar-refractivity contribution in [2.45, 2.75) is 52.6 Å². The molecular formula is C12H21NO3. The van der Waals surface area contributed by atoms with Gasteiger partial charge in [0, 0.05) is 17.8 Å². The molecule has 1 rings (SSSR count). The van der Waals surface area contributed by atoms with Crippen LogP contribution in [-0.2, 0) is 4.79 Å². The maximum Gasteiger partial charge on any atom is 0.180 e. The molecule has 0 aliphatic heterocycles. The summed E-state index contributed by atoms with van der Waals surface area (Å²) < 4.78 is 0. The van der Waals surface area contributed by atoms with E-state index in [9.17, 15) is 9.90 Å². The van der Waals surface area contributed by atoms with Crippen molar-refractivity contribution in [3.8, 4) is 0 Å². The molecule has 2 atom stereocenters. The molecule has 0 bridgehead atoms. The Labute approximate surface area is 96.3 Å². The first-order valence-electron chi connectivity index (χ1n) is 5.75. The van der Waals surface area contributed by atoms with Crippen LogP contribution >= 0.6 is 0 Å². The number of carbonyl (C=O) groups is 1. The molecule has 92 valence electrons. The Bertz CT molecular complexity index is 318. The monoisotopic (exact) mass is 227 g/mol. The summed E-state index contributed by atoms with van der Waals surface area (Å²) in [5.41, 5.74) is -1.05. The van der Waals surface area contributed by atoms with Crippen molar-refractivity contribution in [1.82, 2.24) is 0 Å². The zero-order chi connectivity index (χ0) is 12.6. The van der Waals surface area contributed by atoms with Crippen LogP contribution in [0, 0.1) is 11.3 Å². The van der Waals surface area contributed by atoms with Gasteiger partial charge < -0.3 is 10.3 Å². The summed E-state index contributed by atoms with van der Waals surface area (Å²) in [5.74, 6) is -0.307. The maximum absolute atomic E-state index is 11.7. The molecule has 0 unspecified atom stereocenters. The van der Waals surface area contributed by atoms with Crippen molar-refractivity contribution in [3.63, 3.8) is 0 Å². The third-order valence-corrected chi connectivity index (χ3v) is 4.22. The van der Waals surface area contributed by atoms with Crippen LogP contribution in [0.3, 0.4) is 0 Å². The Morgan fingerprint density at radius 3 is 2.31 bits per heavy atom. The molecule has 1 fully saturated rings. The summed E-state index contributed by atoms with van der Waals surface area (Å²) in [7, 11) is 0. The Morgan fingerprint density at radius 1 is 1.44 bits per heavy atom. The van der Waals surface area contributed by atoms with E-state index in [1.54, 1.807) is 13.8 Å². The number of Topliss-reactive ketones (excluding diaryl/α,β-unsaturated/α-hetero) is 1. The smallest absolute Gasteiger partial charge is 0.180 e. The van der Waals surface area contributed by atoms with Crippen LogP contribution in [0.25, 0.3) is 0 Å². The van der Waals surface area contributed by atoms with E-state index in [0.717, 1.165) is 0 Å². The van der Waals surface area contributed by atoms with E-state index < -0.39 is 11.0 Å². The van der Waals surface area contributed by atoms with Gasteiger partial charge in [0.05, 0.1) is 5.60 Å². The van der Waals surface area contributed by atoms with Gasteiger partial charge in [0.15, 0.2) is 5.78 Å². The number of ketones is 1. The van der Waals surface area contributed by atoms with Gasteiger partial charge in [-0.05, 0) is 19.8 Å². The van der Waals surface area contributed by atoms with Crippen molar-refractivity contribution >= 4 is 11.5 Å². The van der Waals surface area contributed by atoms with Crippen LogP contribution in [-0.4, -0.2) is 27.4 Å². The predicted octanol–water partition coefficient (Wildman–Crippen LogP) is 1.98. The van der Waals surface area contributed by atoms with E-state index in [-0.39, 0.29) is 17.4 Å². The second-order valence-corrected chi connectivity index (χ2v) is 5.35. The number of oxime groups is 1. The molecule has 4 heteroatoms. The number of nitrogens with zero attached hydrogens (tertiary/aromatic N) is 1. The number of aliphatic hydroxyl groups is 1. The summed E-state index contributed by atoms with van der Waals surface area (Å²) in [5, 5.41) is 22.4. The molecule has 0 heterocycles. The molecule has 0 amide bonds. The first kappa shape index (κ1) is 13.2. The standard InChI is InChI=1S/C12H21NO3/c1-5-9(14)10(13-16)8-6-7-12(4,15)11(8,2)3/h8,15-16H,5-7H2,1-4H3/b13-10+/t8-,12-/m1/s1. The largest absolute Gasteiger partial charge is 0.411 e. The highest BCUT2D eigenvalue weighted by Crippen LogP contribution is 2.50. The van der Waals surface area contributed by atoms with Crippen LogP contribution in [0.15, 0.2) is 5.16 Å². The minimum absolute atomic E-state index is 0.140. The molecule has 16 heavy (non-hydrogen) atoms. The zero-order valence-corrected chi connectivity index (χ0v) is 10.4. The topological polar surface area (TPSA) is 69.9 Å². The van der Waals surface area contributed by atoms with E-state index in [1.165, 1.54) is 0 Å². The maximum atomic E-state index is 11.7. The molecule has 1 aliphatic carbocycles. The Morgan fingerprint density at radius 2 is 2.00 bits per heavy atom. The minimum atomic E-state index is -0.818. The summed E-state index contributed by atoms with van der Waals surface area (Å²) in [6.45, 7) is 7.35. The van der Waals surface area contributed by atoms with Gasteiger partial charge in [0.1, 0.15) is 5.71 Å². The summed E-state index contributed by atoms with van der Waals surface area (Å²) in [4.78, 5) is 11.7. The van der Waals surface area contributed by atoms with Gasteiger partial charge in [0.2, 0.25) is 0 Å². The van der Waals surface area contributed by atoms with E-state index in [2.05, 4.69) is 5.16 Å². The molecule has 0 saturated heterocycles.